The van der Waals surface area contributed by atoms with Crippen molar-refractivity contribution in [3.63, 3.8) is 0 Å². The lowest BCUT2D eigenvalue weighted by molar-refractivity contribution is 0.386. The maximum Gasteiger partial charge on any atom is 0.211 e. The smallest absolute Gasteiger partial charge is 0.211 e. The Labute approximate surface area is 162 Å². The van der Waals surface area contributed by atoms with Crippen LogP contribution in [0, 0.1) is 0 Å². The van der Waals surface area contributed by atoms with Crippen molar-refractivity contribution >= 4 is 16.0 Å². The first kappa shape index (κ1) is 20.1. The van der Waals surface area contributed by atoms with Gasteiger partial charge in [-0.25, -0.2) is 8.42 Å². The Morgan fingerprint density at radius 3 is 2.85 bits per heavy atom. The van der Waals surface area contributed by atoms with Gasteiger partial charge in [0.1, 0.15) is 0 Å². The maximum atomic E-state index is 11.9. The molecule has 152 valence electrons. The Balaban J connectivity index is 1.55. The average Bonchev–Trinajstić information content (AvgIpc) is 3.24. The van der Waals surface area contributed by atoms with Gasteiger partial charge in [0, 0.05) is 50.9 Å². The van der Waals surface area contributed by atoms with E-state index in [2.05, 4.69) is 35.7 Å². The number of rotatable bonds is 5. The van der Waals surface area contributed by atoms with Crippen LogP contribution in [0.4, 0.5) is 0 Å². The summed E-state index contributed by atoms with van der Waals surface area (Å²) in [7, 11) is -1.40. The minimum absolute atomic E-state index is 0.00162. The van der Waals surface area contributed by atoms with Crippen molar-refractivity contribution in [1.29, 1.82) is 0 Å². The zero-order valence-electron chi connectivity index (χ0n) is 16.8. The van der Waals surface area contributed by atoms with E-state index in [1.807, 2.05) is 4.68 Å². The molecule has 8 nitrogen and oxygen atoms in total. The zero-order chi connectivity index (χ0) is 19.6. The van der Waals surface area contributed by atoms with Gasteiger partial charge in [-0.2, -0.15) is 9.40 Å². The van der Waals surface area contributed by atoms with E-state index in [-0.39, 0.29) is 12.1 Å². The lowest BCUT2D eigenvalue weighted by Gasteiger charge is -2.26. The zero-order valence-corrected chi connectivity index (χ0v) is 17.6. The molecule has 0 bridgehead atoms. The summed E-state index contributed by atoms with van der Waals surface area (Å²) in [5.74, 6) is 0.729. The molecule has 2 N–H and O–H groups in total. The Morgan fingerprint density at radius 1 is 1.41 bits per heavy atom. The second-order valence-electron chi connectivity index (χ2n) is 7.88. The van der Waals surface area contributed by atoms with Crippen LogP contribution in [-0.4, -0.2) is 66.9 Å². The summed E-state index contributed by atoms with van der Waals surface area (Å²) in [4.78, 5) is 4.32. The van der Waals surface area contributed by atoms with Gasteiger partial charge >= 0.3 is 0 Å². The van der Waals surface area contributed by atoms with E-state index in [0.717, 1.165) is 38.1 Å². The summed E-state index contributed by atoms with van der Waals surface area (Å²) in [6.45, 7) is 5.47. The van der Waals surface area contributed by atoms with Gasteiger partial charge in [0.15, 0.2) is 5.96 Å². The fraction of sp³-hybridized carbons (Fsp3) is 0.778. The fourth-order valence-electron chi connectivity index (χ4n) is 3.95. The van der Waals surface area contributed by atoms with Crippen LogP contribution in [0.2, 0.25) is 0 Å². The Bertz CT molecular complexity index is 786. The minimum Gasteiger partial charge on any atom is -0.355 e. The minimum atomic E-state index is -3.15. The molecule has 1 unspecified atom stereocenters. The van der Waals surface area contributed by atoms with Gasteiger partial charge in [0.2, 0.25) is 10.0 Å². The highest BCUT2D eigenvalue weighted by Crippen LogP contribution is 2.22. The van der Waals surface area contributed by atoms with Crippen molar-refractivity contribution < 1.29 is 8.42 Å². The highest BCUT2D eigenvalue weighted by Gasteiger charge is 2.31. The van der Waals surface area contributed by atoms with Crippen LogP contribution < -0.4 is 10.6 Å². The predicted molar refractivity (Wildman–Crippen MR) is 107 cm³/mol. The van der Waals surface area contributed by atoms with Gasteiger partial charge in [-0.3, -0.25) is 9.67 Å². The van der Waals surface area contributed by atoms with Gasteiger partial charge in [-0.1, -0.05) is 0 Å². The summed E-state index contributed by atoms with van der Waals surface area (Å²) in [5.41, 5.74) is 2.52. The van der Waals surface area contributed by atoms with Crippen LogP contribution >= 0.6 is 0 Å². The Kier molecular flexibility index (Phi) is 6.10. The Hall–Kier alpha value is -1.61. The third kappa shape index (κ3) is 4.82. The fourth-order valence-corrected chi connectivity index (χ4v) is 5.13. The summed E-state index contributed by atoms with van der Waals surface area (Å²) < 4.78 is 27.4. The van der Waals surface area contributed by atoms with Crippen LogP contribution in [0.15, 0.2) is 11.2 Å². The number of guanidine groups is 1. The molecule has 0 spiro atoms. The maximum absolute atomic E-state index is 11.9. The van der Waals surface area contributed by atoms with Crippen LogP contribution in [0.25, 0.3) is 0 Å². The molecule has 1 aromatic rings. The highest BCUT2D eigenvalue weighted by atomic mass is 32.2. The molecule has 3 rings (SSSR count). The highest BCUT2D eigenvalue weighted by molar-refractivity contribution is 7.88. The molecule has 1 saturated heterocycles. The first-order chi connectivity index (χ1) is 12.8. The third-order valence-corrected chi connectivity index (χ3v) is 6.78. The molecule has 0 saturated carbocycles. The van der Waals surface area contributed by atoms with Crippen molar-refractivity contribution in [2.45, 2.75) is 64.1 Å². The van der Waals surface area contributed by atoms with Gasteiger partial charge < -0.3 is 10.6 Å². The van der Waals surface area contributed by atoms with Gasteiger partial charge in [-0.05, 0) is 45.1 Å². The third-order valence-electron chi connectivity index (χ3n) is 5.44. The van der Waals surface area contributed by atoms with E-state index < -0.39 is 10.0 Å². The number of nitrogens with zero attached hydrogens (tertiary/aromatic N) is 4. The molecule has 0 radical (unpaired) electrons. The SMILES string of the molecule is CN=C(NC[C@H]1CCCN1S(C)(=O)=O)NC1CCc2cn(C(C)C)nc2C1. The number of fused-ring (bicyclic) bond motifs is 1. The Morgan fingerprint density at radius 2 is 2.19 bits per heavy atom. The van der Waals surface area contributed by atoms with Crippen molar-refractivity contribution in [2.24, 2.45) is 4.99 Å². The second-order valence-corrected chi connectivity index (χ2v) is 9.82. The number of sulfonamides is 1. The normalized spacial score (nSPS) is 24.3. The lowest BCUT2D eigenvalue weighted by Crippen LogP contribution is -2.49. The standard InChI is InChI=1S/C18H32N6O2S/c1-13(2)23-12-14-7-8-15(10-17(14)22-23)21-18(19-3)20-11-16-6-5-9-24(16)27(4,25)26/h12-13,15-16H,5-11H2,1-4H3,(H2,19,20,21)/t15?,16-/m1/s1. The molecular weight excluding hydrogens is 364 g/mol. The summed E-state index contributed by atoms with van der Waals surface area (Å²) >= 11 is 0. The summed E-state index contributed by atoms with van der Waals surface area (Å²) in [5, 5.41) is 11.5. The molecular formula is C18H32N6O2S. The average molecular weight is 397 g/mol. The largest absolute Gasteiger partial charge is 0.355 e. The van der Waals surface area contributed by atoms with Gasteiger partial charge in [0.05, 0.1) is 11.9 Å². The number of aromatic nitrogens is 2. The molecule has 2 aliphatic rings. The number of hydrogen-bond donors (Lipinski definition) is 2. The number of hydrogen-bond acceptors (Lipinski definition) is 4. The van der Waals surface area contributed by atoms with Crippen molar-refractivity contribution in [3.05, 3.63) is 17.5 Å². The molecule has 1 fully saturated rings. The van der Waals surface area contributed by atoms with Gasteiger partial charge in [-0.15, -0.1) is 0 Å². The molecule has 0 aromatic carbocycles. The van der Waals surface area contributed by atoms with E-state index in [1.54, 1.807) is 11.4 Å². The van der Waals surface area contributed by atoms with E-state index in [0.29, 0.717) is 19.1 Å². The number of nitrogens with one attached hydrogen (secondary N) is 2. The lowest BCUT2D eigenvalue weighted by atomic mass is 9.94. The van der Waals surface area contributed by atoms with Crippen LogP contribution in [-0.2, 0) is 22.9 Å². The topological polar surface area (TPSA) is 91.6 Å². The van der Waals surface area contributed by atoms with E-state index >= 15 is 0 Å². The number of aliphatic imine (C=N–C) groups is 1. The van der Waals surface area contributed by atoms with Gasteiger partial charge in [0.25, 0.3) is 0 Å². The van der Waals surface area contributed by atoms with Crippen LogP contribution in [0.1, 0.15) is 50.4 Å². The van der Waals surface area contributed by atoms with Crippen LogP contribution in [0.3, 0.4) is 0 Å². The molecule has 2 atom stereocenters. The molecule has 9 heteroatoms. The summed E-state index contributed by atoms with van der Waals surface area (Å²) in [6.07, 6.45) is 8.19. The summed E-state index contributed by atoms with van der Waals surface area (Å²) in [6, 6.07) is 0.660. The molecule has 2 heterocycles. The predicted octanol–water partition coefficient (Wildman–Crippen LogP) is 0.910. The van der Waals surface area contributed by atoms with Crippen molar-refractivity contribution in [3.8, 4) is 0 Å². The molecule has 1 aliphatic heterocycles. The molecule has 0 amide bonds. The molecule has 27 heavy (non-hydrogen) atoms. The van der Waals surface area contributed by atoms with Crippen LogP contribution in [0.5, 0.6) is 0 Å². The van der Waals surface area contributed by atoms with Crippen molar-refractivity contribution in [1.82, 2.24) is 24.7 Å². The second kappa shape index (κ2) is 8.18. The number of aryl methyl sites for hydroxylation is 1. The molecule has 1 aliphatic carbocycles. The van der Waals surface area contributed by atoms with Crippen molar-refractivity contribution in [2.75, 3.05) is 26.4 Å². The van der Waals surface area contributed by atoms with E-state index in [4.69, 9.17) is 5.10 Å². The molecule has 1 aromatic heterocycles. The first-order valence-corrected chi connectivity index (χ1v) is 11.6. The van der Waals surface area contributed by atoms with E-state index in [1.165, 1.54) is 17.5 Å². The first-order valence-electron chi connectivity index (χ1n) is 9.79. The quantitative estimate of drug-likeness (QED) is 0.570. The monoisotopic (exact) mass is 396 g/mol. The van der Waals surface area contributed by atoms with E-state index in [9.17, 15) is 8.42 Å².